The normalized spacial score (nSPS) is 26.6. The fourth-order valence-electron chi connectivity index (χ4n) is 3.04. The highest BCUT2D eigenvalue weighted by Gasteiger charge is 2.37. The Hall–Kier alpha value is -0.910. The largest absolute Gasteiger partial charge is 0.381 e. The highest BCUT2D eigenvalue weighted by atomic mass is 16.5. The molecule has 2 heterocycles. The van der Waals surface area contributed by atoms with Crippen LogP contribution < -0.4 is 5.32 Å². The van der Waals surface area contributed by atoms with Crippen LogP contribution >= 0.6 is 0 Å². The van der Waals surface area contributed by atoms with E-state index in [0.29, 0.717) is 0 Å². The van der Waals surface area contributed by atoms with Crippen LogP contribution in [0.5, 0.6) is 0 Å². The predicted molar refractivity (Wildman–Crippen MR) is 78.4 cm³/mol. The van der Waals surface area contributed by atoms with Gasteiger partial charge in [0, 0.05) is 50.6 Å². The molecule has 0 spiro atoms. The third-order valence-corrected chi connectivity index (χ3v) is 4.47. The highest BCUT2D eigenvalue weighted by molar-refractivity contribution is 4.94. The van der Waals surface area contributed by atoms with Crippen molar-refractivity contribution in [2.45, 2.75) is 31.8 Å². The van der Waals surface area contributed by atoms with Gasteiger partial charge in [-0.05, 0) is 26.3 Å². The molecule has 0 radical (unpaired) electrons. The van der Waals surface area contributed by atoms with E-state index in [9.17, 15) is 0 Å². The van der Waals surface area contributed by atoms with E-state index in [1.807, 2.05) is 12.4 Å². The Morgan fingerprint density at radius 3 is 3.00 bits per heavy atom. The molecule has 0 bridgehead atoms. The highest BCUT2D eigenvalue weighted by Crippen LogP contribution is 2.31. The third kappa shape index (κ3) is 3.40. The first-order valence-electron chi connectivity index (χ1n) is 7.63. The molecule has 1 N–H and O–H groups in total. The van der Waals surface area contributed by atoms with Gasteiger partial charge in [-0.15, -0.1) is 0 Å². The molecule has 1 saturated carbocycles. The van der Waals surface area contributed by atoms with Gasteiger partial charge in [0.2, 0.25) is 0 Å². The molecule has 1 aromatic heterocycles. The minimum atomic E-state index is 0.280. The molecule has 1 aliphatic carbocycles. The van der Waals surface area contributed by atoms with Gasteiger partial charge in [-0.1, -0.05) is 0 Å². The second-order valence-corrected chi connectivity index (χ2v) is 6.58. The molecular formula is C15H26N4O. The van der Waals surface area contributed by atoms with E-state index in [1.165, 1.54) is 12.8 Å². The first kappa shape index (κ1) is 14.0. The van der Waals surface area contributed by atoms with Gasteiger partial charge >= 0.3 is 0 Å². The molecule has 1 aromatic rings. The van der Waals surface area contributed by atoms with Crippen LogP contribution in [0.25, 0.3) is 0 Å². The number of nitrogens with one attached hydrogen (secondary N) is 1. The molecule has 1 atom stereocenters. The van der Waals surface area contributed by atoms with Crippen molar-refractivity contribution in [1.29, 1.82) is 0 Å². The Labute approximate surface area is 121 Å². The number of hydrogen-bond donors (Lipinski definition) is 1. The summed E-state index contributed by atoms with van der Waals surface area (Å²) >= 11 is 0. The van der Waals surface area contributed by atoms with Gasteiger partial charge in [0.25, 0.3) is 0 Å². The molecule has 5 heteroatoms. The number of aromatic nitrogens is 2. The van der Waals surface area contributed by atoms with Crippen molar-refractivity contribution in [1.82, 2.24) is 19.8 Å². The van der Waals surface area contributed by atoms with E-state index in [1.54, 1.807) is 0 Å². The van der Waals surface area contributed by atoms with Crippen molar-refractivity contribution >= 4 is 0 Å². The summed E-state index contributed by atoms with van der Waals surface area (Å²) in [6, 6.07) is 0.771. The van der Waals surface area contributed by atoms with Gasteiger partial charge in [-0.2, -0.15) is 0 Å². The van der Waals surface area contributed by atoms with Crippen LogP contribution in [-0.4, -0.2) is 53.8 Å². The molecule has 1 saturated heterocycles. The smallest absolute Gasteiger partial charge is 0.122 e. The fraction of sp³-hybridized carbons (Fsp3) is 0.800. The third-order valence-electron chi connectivity index (χ3n) is 4.47. The standard InChI is InChI=1S/C15H26N4O/c1-18(9-14-16-6-7-19(14)2)11-15(5-8-20-12-15)10-17-13-3-4-13/h6-7,13,17H,3-5,8-12H2,1-2H3. The number of hydrogen-bond acceptors (Lipinski definition) is 4. The van der Waals surface area contributed by atoms with E-state index in [2.05, 4.69) is 33.9 Å². The maximum absolute atomic E-state index is 5.69. The van der Waals surface area contributed by atoms with Crippen LogP contribution in [0, 0.1) is 5.41 Å². The zero-order chi connectivity index (χ0) is 14.0. The van der Waals surface area contributed by atoms with Crippen LogP contribution in [0.3, 0.4) is 0 Å². The topological polar surface area (TPSA) is 42.3 Å². The van der Waals surface area contributed by atoms with Crippen LogP contribution in [-0.2, 0) is 18.3 Å². The van der Waals surface area contributed by atoms with Crippen molar-refractivity contribution in [3.8, 4) is 0 Å². The van der Waals surface area contributed by atoms with E-state index in [4.69, 9.17) is 4.74 Å². The summed E-state index contributed by atoms with van der Waals surface area (Å²) in [5.74, 6) is 1.12. The molecule has 5 nitrogen and oxygen atoms in total. The van der Waals surface area contributed by atoms with Crippen molar-refractivity contribution in [2.75, 3.05) is 33.4 Å². The molecule has 0 amide bonds. The SMILES string of the molecule is CN(Cc1nccn1C)CC1(CNC2CC2)CCOC1. The molecule has 2 aliphatic rings. The molecule has 112 valence electrons. The van der Waals surface area contributed by atoms with E-state index in [0.717, 1.165) is 51.1 Å². The molecule has 1 aliphatic heterocycles. The van der Waals surface area contributed by atoms with Crippen LogP contribution in [0.1, 0.15) is 25.1 Å². The summed E-state index contributed by atoms with van der Waals surface area (Å²) in [6.45, 7) is 4.84. The van der Waals surface area contributed by atoms with Crippen LogP contribution in [0.15, 0.2) is 12.4 Å². The van der Waals surface area contributed by atoms with Crippen LogP contribution in [0.4, 0.5) is 0 Å². The molecule has 0 aromatic carbocycles. The Kier molecular flexibility index (Phi) is 4.10. The Morgan fingerprint density at radius 2 is 2.40 bits per heavy atom. The van der Waals surface area contributed by atoms with Gasteiger partial charge in [0.05, 0.1) is 13.2 Å². The molecular weight excluding hydrogens is 252 g/mol. The summed E-state index contributed by atoms with van der Waals surface area (Å²) in [4.78, 5) is 6.79. The van der Waals surface area contributed by atoms with Gasteiger partial charge in [-0.3, -0.25) is 4.90 Å². The van der Waals surface area contributed by atoms with Crippen molar-refractivity contribution in [3.05, 3.63) is 18.2 Å². The van der Waals surface area contributed by atoms with Crippen molar-refractivity contribution in [3.63, 3.8) is 0 Å². The van der Waals surface area contributed by atoms with E-state index < -0.39 is 0 Å². The lowest BCUT2D eigenvalue weighted by atomic mass is 9.86. The van der Waals surface area contributed by atoms with E-state index >= 15 is 0 Å². The van der Waals surface area contributed by atoms with Gasteiger partial charge in [0.15, 0.2) is 0 Å². The Morgan fingerprint density at radius 1 is 1.55 bits per heavy atom. The lowest BCUT2D eigenvalue weighted by Crippen LogP contribution is -2.44. The lowest BCUT2D eigenvalue weighted by molar-refractivity contribution is 0.115. The average molecular weight is 278 g/mol. The van der Waals surface area contributed by atoms with E-state index in [-0.39, 0.29) is 5.41 Å². The molecule has 1 unspecified atom stereocenters. The number of nitrogens with zero attached hydrogens (tertiary/aromatic N) is 3. The number of aryl methyl sites for hydroxylation is 1. The van der Waals surface area contributed by atoms with Crippen LogP contribution in [0.2, 0.25) is 0 Å². The summed E-state index contributed by atoms with van der Waals surface area (Å²) in [7, 11) is 4.24. The summed E-state index contributed by atoms with van der Waals surface area (Å²) < 4.78 is 7.78. The first-order chi connectivity index (χ1) is 9.67. The Bertz CT molecular complexity index is 435. The predicted octanol–water partition coefficient (Wildman–Crippen LogP) is 1.01. The summed E-state index contributed by atoms with van der Waals surface area (Å²) in [5.41, 5.74) is 0.280. The van der Waals surface area contributed by atoms with Gasteiger partial charge < -0.3 is 14.6 Å². The van der Waals surface area contributed by atoms with Gasteiger partial charge in [-0.25, -0.2) is 4.98 Å². The first-order valence-corrected chi connectivity index (χ1v) is 7.63. The summed E-state index contributed by atoms with van der Waals surface area (Å²) in [6.07, 6.45) is 7.73. The fourth-order valence-corrected chi connectivity index (χ4v) is 3.04. The van der Waals surface area contributed by atoms with Gasteiger partial charge in [0.1, 0.15) is 5.82 Å². The minimum Gasteiger partial charge on any atom is -0.381 e. The quantitative estimate of drug-likeness (QED) is 0.808. The molecule has 2 fully saturated rings. The number of rotatable bonds is 7. The second kappa shape index (κ2) is 5.84. The maximum Gasteiger partial charge on any atom is 0.122 e. The molecule has 20 heavy (non-hydrogen) atoms. The van der Waals surface area contributed by atoms with Crippen molar-refractivity contribution in [2.24, 2.45) is 12.5 Å². The maximum atomic E-state index is 5.69. The van der Waals surface area contributed by atoms with Crippen molar-refractivity contribution < 1.29 is 4.74 Å². The minimum absolute atomic E-state index is 0.280. The number of ether oxygens (including phenoxy) is 1. The zero-order valence-corrected chi connectivity index (χ0v) is 12.6. The lowest BCUT2D eigenvalue weighted by Gasteiger charge is -2.32. The molecule has 3 rings (SSSR count). The Balaban J connectivity index is 1.56. The zero-order valence-electron chi connectivity index (χ0n) is 12.6. The summed E-state index contributed by atoms with van der Waals surface area (Å²) in [5, 5.41) is 3.69. The second-order valence-electron chi connectivity index (χ2n) is 6.58. The average Bonchev–Trinajstić information content (AvgIpc) is 3.02. The monoisotopic (exact) mass is 278 g/mol. The number of imidazole rings is 1.